The maximum atomic E-state index is 12.7. The number of sulfonamides is 1. The summed E-state index contributed by atoms with van der Waals surface area (Å²) in [5.74, 6) is 1.17. The van der Waals surface area contributed by atoms with Crippen LogP contribution in [-0.2, 0) is 16.6 Å². The SMILES string of the molecule is COc1ccc(OC)c(CNC(=O)c2ccc(C)c(N3CCCCS3(=O)=O)c2)c1. The largest absolute Gasteiger partial charge is 0.497 e. The Morgan fingerprint density at radius 3 is 2.59 bits per heavy atom. The summed E-state index contributed by atoms with van der Waals surface area (Å²) in [5.41, 5.74) is 2.58. The van der Waals surface area contributed by atoms with Gasteiger partial charge in [0.05, 0.1) is 25.7 Å². The first-order valence-corrected chi connectivity index (χ1v) is 11.1. The predicted octanol–water partition coefficient (Wildman–Crippen LogP) is 2.87. The van der Waals surface area contributed by atoms with E-state index in [0.717, 1.165) is 17.5 Å². The second kappa shape index (κ2) is 8.73. The zero-order chi connectivity index (χ0) is 21.0. The Labute approximate surface area is 171 Å². The van der Waals surface area contributed by atoms with E-state index in [1.807, 2.05) is 6.92 Å². The van der Waals surface area contributed by atoms with E-state index >= 15 is 0 Å². The molecule has 29 heavy (non-hydrogen) atoms. The Bertz CT molecular complexity index is 1000. The molecule has 1 heterocycles. The van der Waals surface area contributed by atoms with Crippen molar-refractivity contribution in [3.05, 3.63) is 53.1 Å². The number of carbonyl (C=O) groups is 1. The van der Waals surface area contributed by atoms with Crippen LogP contribution < -0.4 is 19.1 Å². The van der Waals surface area contributed by atoms with Crippen molar-refractivity contribution in [2.24, 2.45) is 0 Å². The third-order valence-corrected chi connectivity index (χ3v) is 6.87. The van der Waals surface area contributed by atoms with Crippen LogP contribution in [0.5, 0.6) is 11.5 Å². The van der Waals surface area contributed by atoms with Gasteiger partial charge in [-0.1, -0.05) is 6.07 Å². The zero-order valence-electron chi connectivity index (χ0n) is 16.9. The molecule has 0 atom stereocenters. The highest BCUT2D eigenvalue weighted by Crippen LogP contribution is 2.28. The molecule has 0 unspecified atom stereocenters. The Hall–Kier alpha value is -2.74. The third-order valence-electron chi connectivity index (χ3n) is 5.02. The molecule has 3 rings (SSSR count). The van der Waals surface area contributed by atoms with Gasteiger partial charge in [-0.05, 0) is 55.7 Å². The number of amides is 1. The van der Waals surface area contributed by atoms with Crippen molar-refractivity contribution in [3.8, 4) is 11.5 Å². The normalized spacial score (nSPS) is 15.6. The standard InChI is InChI=1S/C21H26N2O5S/c1-15-6-7-16(13-19(15)23-10-4-5-11-29(23,25)26)21(24)22-14-17-12-18(27-2)8-9-20(17)28-3/h6-9,12-13H,4-5,10-11,14H2,1-3H3,(H,22,24). The molecule has 1 N–H and O–H groups in total. The first kappa shape index (κ1) is 21.0. The van der Waals surface area contributed by atoms with E-state index in [9.17, 15) is 13.2 Å². The van der Waals surface area contributed by atoms with Crippen LogP contribution in [0.3, 0.4) is 0 Å². The van der Waals surface area contributed by atoms with Gasteiger partial charge in [-0.25, -0.2) is 8.42 Å². The second-order valence-electron chi connectivity index (χ2n) is 6.96. The lowest BCUT2D eigenvalue weighted by Crippen LogP contribution is -2.38. The Balaban J connectivity index is 1.80. The highest BCUT2D eigenvalue weighted by atomic mass is 32.2. The highest BCUT2D eigenvalue weighted by molar-refractivity contribution is 7.92. The molecule has 1 saturated heterocycles. The van der Waals surface area contributed by atoms with Crippen LogP contribution in [0.2, 0.25) is 0 Å². The third kappa shape index (κ3) is 4.64. The van der Waals surface area contributed by atoms with Gasteiger partial charge in [-0.15, -0.1) is 0 Å². The Morgan fingerprint density at radius 1 is 1.10 bits per heavy atom. The monoisotopic (exact) mass is 418 g/mol. The minimum atomic E-state index is -3.34. The summed E-state index contributed by atoms with van der Waals surface area (Å²) >= 11 is 0. The van der Waals surface area contributed by atoms with E-state index in [4.69, 9.17) is 9.47 Å². The molecule has 8 heteroatoms. The predicted molar refractivity (Wildman–Crippen MR) is 112 cm³/mol. The number of methoxy groups -OCH3 is 2. The number of hydrogen-bond donors (Lipinski definition) is 1. The zero-order valence-corrected chi connectivity index (χ0v) is 17.7. The average Bonchev–Trinajstić information content (AvgIpc) is 2.72. The van der Waals surface area contributed by atoms with Crippen LogP contribution >= 0.6 is 0 Å². The number of ether oxygens (including phenoxy) is 2. The highest BCUT2D eigenvalue weighted by Gasteiger charge is 2.27. The van der Waals surface area contributed by atoms with Gasteiger partial charge < -0.3 is 14.8 Å². The van der Waals surface area contributed by atoms with Crippen LogP contribution in [-0.4, -0.2) is 40.8 Å². The molecule has 1 aliphatic rings. The number of anilines is 1. The molecule has 1 aliphatic heterocycles. The topological polar surface area (TPSA) is 84.9 Å². The molecule has 1 fully saturated rings. The Kier molecular flexibility index (Phi) is 6.32. The molecule has 0 aromatic heterocycles. The van der Waals surface area contributed by atoms with Crippen molar-refractivity contribution >= 4 is 21.6 Å². The van der Waals surface area contributed by atoms with Crippen LogP contribution in [0.1, 0.15) is 34.3 Å². The molecule has 156 valence electrons. The number of benzene rings is 2. The van der Waals surface area contributed by atoms with E-state index in [-0.39, 0.29) is 18.2 Å². The van der Waals surface area contributed by atoms with Gasteiger partial charge in [0.2, 0.25) is 10.0 Å². The van der Waals surface area contributed by atoms with Crippen LogP contribution in [0.15, 0.2) is 36.4 Å². The first-order valence-electron chi connectivity index (χ1n) is 9.46. The van der Waals surface area contributed by atoms with Gasteiger partial charge in [0, 0.05) is 24.2 Å². The maximum absolute atomic E-state index is 12.7. The quantitative estimate of drug-likeness (QED) is 0.780. The molecule has 7 nitrogen and oxygen atoms in total. The van der Waals surface area contributed by atoms with Crippen LogP contribution in [0.25, 0.3) is 0 Å². The van der Waals surface area contributed by atoms with E-state index in [1.54, 1.807) is 50.6 Å². The van der Waals surface area contributed by atoms with Crippen molar-refractivity contribution in [2.75, 3.05) is 30.8 Å². The maximum Gasteiger partial charge on any atom is 0.251 e. The molecule has 0 bridgehead atoms. The van der Waals surface area contributed by atoms with Crippen LogP contribution in [0.4, 0.5) is 5.69 Å². The van der Waals surface area contributed by atoms with Gasteiger partial charge in [0.1, 0.15) is 11.5 Å². The summed E-state index contributed by atoms with van der Waals surface area (Å²) in [6.45, 7) is 2.54. The number of rotatable bonds is 6. The fraction of sp³-hybridized carbons (Fsp3) is 0.381. The number of aryl methyl sites for hydroxylation is 1. The smallest absolute Gasteiger partial charge is 0.251 e. The summed E-state index contributed by atoms with van der Waals surface area (Å²) in [6, 6.07) is 10.5. The van der Waals surface area contributed by atoms with E-state index in [2.05, 4.69) is 5.32 Å². The molecule has 0 spiro atoms. The molecule has 2 aromatic carbocycles. The van der Waals surface area contributed by atoms with E-state index in [0.29, 0.717) is 35.7 Å². The van der Waals surface area contributed by atoms with E-state index < -0.39 is 10.0 Å². The van der Waals surface area contributed by atoms with Crippen molar-refractivity contribution in [1.29, 1.82) is 0 Å². The first-order chi connectivity index (χ1) is 13.9. The van der Waals surface area contributed by atoms with Crippen molar-refractivity contribution in [1.82, 2.24) is 5.32 Å². The number of nitrogens with zero attached hydrogens (tertiary/aromatic N) is 1. The van der Waals surface area contributed by atoms with Gasteiger partial charge in [0.15, 0.2) is 0 Å². The summed E-state index contributed by atoms with van der Waals surface area (Å²) in [6.07, 6.45) is 1.48. The second-order valence-corrected chi connectivity index (χ2v) is 8.97. The van der Waals surface area contributed by atoms with Gasteiger partial charge in [-0.3, -0.25) is 9.10 Å². The van der Waals surface area contributed by atoms with Crippen molar-refractivity contribution in [2.45, 2.75) is 26.3 Å². The molecule has 0 saturated carbocycles. The number of carbonyl (C=O) groups excluding carboxylic acids is 1. The molecular weight excluding hydrogens is 392 g/mol. The fourth-order valence-electron chi connectivity index (χ4n) is 3.38. The number of hydrogen-bond acceptors (Lipinski definition) is 5. The van der Waals surface area contributed by atoms with Gasteiger partial charge >= 0.3 is 0 Å². The molecular formula is C21H26N2O5S. The minimum Gasteiger partial charge on any atom is -0.497 e. The minimum absolute atomic E-state index is 0.137. The fourth-order valence-corrected chi connectivity index (χ4v) is 5.07. The number of nitrogens with one attached hydrogen (secondary N) is 1. The summed E-state index contributed by atoms with van der Waals surface area (Å²) in [5, 5.41) is 2.87. The lowest BCUT2D eigenvalue weighted by molar-refractivity contribution is 0.0950. The Morgan fingerprint density at radius 2 is 1.90 bits per heavy atom. The molecule has 0 radical (unpaired) electrons. The molecule has 1 amide bonds. The average molecular weight is 419 g/mol. The van der Waals surface area contributed by atoms with Crippen LogP contribution in [0, 0.1) is 6.92 Å². The van der Waals surface area contributed by atoms with Gasteiger partial charge in [0.25, 0.3) is 5.91 Å². The summed E-state index contributed by atoms with van der Waals surface area (Å²) < 4.78 is 36.9. The van der Waals surface area contributed by atoms with E-state index in [1.165, 1.54) is 4.31 Å². The van der Waals surface area contributed by atoms with Crippen molar-refractivity contribution in [3.63, 3.8) is 0 Å². The lowest BCUT2D eigenvalue weighted by Gasteiger charge is -2.29. The van der Waals surface area contributed by atoms with Gasteiger partial charge in [-0.2, -0.15) is 0 Å². The van der Waals surface area contributed by atoms with Crippen molar-refractivity contribution < 1.29 is 22.7 Å². The summed E-state index contributed by atoms with van der Waals surface area (Å²) in [4.78, 5) is 12.7. The molecule has 2 aromatic rings. The molecule has 0 aliphatic carbocycles. The lowest BCUT2D eigenvalue weighted by atomic mass is 10.1. The summed E-state index contributed by atoms with van der Waals surface area (Å²) in [7, 11) is -0.198.